The Kier molecular flexibility index (Phi) is 6.39. The fourth-order valence-electron chi connectivity index (χ4n) is 48.0. The van der Waals surface area contributed by atoms with Crippen molar-refractivity contribution in [3.8, 4) is 0 Å². The Balaban J connectivity index is 0.878. The van der Waals surface area contributed by atoms with Crippen molar-refractivity contribution in [3.05, 3.63) is 125 Å². The summed E-state index contributed by atoms with van der Waals surface area (Å²) in [7, 11) is 0. The molecule has 8 unspecified atom stereocenters. The van der Waals surface area contributed by atoms with Crippen molar-refractivity contribution < 1.29 is 29.7 Å². The second kappa shape index (κ2) is 13.7. The monoisotopic (exact) mass is 1400 g/mol. The summed E-state index contributed by atoms with van der Waals surface area (Å²) >= 11 is 0. The first kappa shape index (κ1) is 50.7. The van der Waals surface area contributed by atoms with Crippen molar-refractivity contribution >= 4 is 171 Å². The highest BCUT2D eigenvalue weighted by atomic mass is 16.4. The topological polar surface area (TPSA) is 112 Å². The lowest BCUT2D eigenvalue weighted by molar-refractivity contribution is -0.384. The first-order chi connectivity index (χ1) is 53.8. The van der Waals surface area contributed by atoms with E-state index in [0.717, 1.165) is 92.7 Å². The Labute approximate surface area is 621 Å². The van der Waals surface area contributed by atoms with Crippen LogP contribution in [0.3, 0.4) is 0 Å². The van der Waals surface area contributed by atoms with E-state index in [1.54, 1.807) is 93.2 Å². The third-order valence-corrected chi connectivity index (χ3v) is 46.5. The molecule has 12 aromatic carbocycles. The van der Waals surface area contributed by atoms with Crippen LogP contribution >= 0.6 is 0 Å². The molecular weight excluding hydrogens is 1330 g/mol. The summed E-state index contributed by atoms with van der Waals surface area (Å²) in [5, 5.41) is 72.1. The zero-order valence-corrected chi connectivity index (χ0v) is 59.7. The average molecular weight is 1400 g/mol. The molecule has 41 rings (SSSR count). The molecule has 0 aliphatic heterocycles. The third-order valence-electron chi connectivity index (χ3n) is 46.5. The fraction of sp³-hybridized carbons (Fsp3) is 0.485. The van der Waals surface area contributed by atoms with Crippen LogP contribution in [0.4, 0.5) is 0 Å². The molecule has 29 aliphatic carbocycles. The maximum Gasteiger partial charge on any atom is 0.336 e. The summed E-state index contributed by atoms with van der Waals surface area (Å²) < 4.78 is 0. The van der Waals surface area contributed by atoms with Crippen molar-refractivity contribution in [2.75, 3.05) is 0 Å². The minimum Gasteiger partial charge on any atom is -0.481 e. The molecule has 20 bridgehead atoms. The summed E-state index contributed by atoms with van der Waals surface area (Å²) in [6.45, 7) is 0. The lowest BCUT2D eigenvalue weighted by Crippen LogP contribution is -2.84. The standard InChI is InChI=1S/C103H70O6/c104-101(105)35-15-32-33-16-36(102(106)107)40-34-17-37(103(108)109)39-31-14-12-29-28-11-13-30-38(35)58-55(32)75-76-56(33)60(40)80-77-57(34)59(39)79-74-54(31)52(29)72-71-51(28)53(30)73-78(58)98-90-68-48-25-8-5-20-18-1-2-19-21-6-9-27-24-7-10-26-23-4-3-22(25)43-44(23)66-69-50(26)47(24)67-70-49(27)46(21)64-62-42(19)41(18)61-63(45(20)48)85(90)93(73)88(71)81(61)82(62)89(72)94(74)86(64)91(70)99(79)97(77)87(67)92(69)100(80)96(76)84(66)83(65(43)68)95(75)98/h3-4,7-10,15-21,28-31,35,38,41-42,45-46,48-49,51-54,58-59,61-64,68,70-74,78-79,81-82,85-86,88-89,93-94H,1-2,5-6,11-14H2,(H,104,105)(H,106,107)(H,108,109)/t18-,19+,20+,21-,28-,29+,30+,31-,35?,38?,41+,42-,45-,46+,48?,49+,51+,52-,53-,54+,58?,59?,61-,62+,63+,64-,68?,70?,71-,72+,73+,74-,78?,79-,81+,82-,85-,86+,88-,89+,93+,94-/m0/s1. The average Bonchev–Trinajstić information content (AvgIpc) is 0.600. The molecule has 0 amide bonds. The molecule has 12 aromatic rings. The predicted molar refractivity (Wildman–Crippen MR) is 414 cm³/mol. The first-order valence-electron chi connectivity index (χ1n) is 44.9. The number of fused-ring (bicyclic) bond motifs is 10. The van der Waals surface area contributed by atoms with Gasteiger partial charge in [0.15, 0.2) is 0 Å². The van der Waals surface area contributed by atoms with Gasteiger partial charge in [0.2, 0.25) is 0 Å². The summed E-state index contributed by atoms with van der Waals surface area (Å²) in [5.41, 5.74) is 26.0. The predicted octanol–water partition coefficient (Wildman–Crippen LogP) is 18.3. The van der Waals surface area contributed by atoms with Crippen LogP contribution in [0.5, 0.6) is 0 Å². The van der Waals surface area contributed by atoms with Crippen LogP contribution in [0.1, 0.15) is 130 Å². The van der Waals surface area contributed by atoms with Gasteiger partial charge in [-0.2, -0.15) is 0 Å². The molecule has 0 saturated heterocycles. The van der Waals surface area contributed by atoms with Crippen LogP contribution in [0.25, 0.3) is 153 Å². The van der Waals surface area contributed by atoms with Gasteiger partial charge in [-0.15, -0.1) is 0 Å². The lowest BCUT2D eigenvalue weighted by atomic mass is 9.16. The van der Waals surface area contributed by atoms with E-state index in [-0.39, 0.29) is 41.4 Å². The second-order valence-electron chi connectivity index (χ2n) is 45.2. The molecule has 42 atom stereocenters. The van der Waals surface area contributed by atoms with Crippen molar-refractivity contribution in [2.45, 2.75) is 75.0 Å². The van der Waals surface area contributed by atoms with Gasteiger partial charge in [0.05, 0.1) is 17.1 Å². The maximum atomic E-state index is 15.8. The Hall–Kier alpha value is -8.09. The van der Waals surface area contributed by atoms with Crippen LogP contribution in [0, 0.1) is 225 Å². The normalized spacial score (nSPS) is 53.0. The highest BCUT2D eigenvalue weighted by molar-refractivity contribution is 6.60. The molecule has 6 nitrogen and oxygen atoms in total. The molecule has 0 radical (unpaired) electrons. The molecule has 0 heterocycles. The van der Waals surface area contributed by atoms with Gasteiger partial charge in [0.25, 0.3) is 0 Å². The molecule has 3 N–H and O–H groups in total. The number of carbonyl (C=O) groups is 3. The van der Waals surface area contributed by atoms with Crippen molar-refractivity contribution in [2.24, 2.45) is 225 Å². The van der Waals surface area contributed by atoms with Gasteiger partial charge in [-0.05, 0) is 479 Å². The van der Waals surface area contributed by atoms with Crippen molar-refractivity contribution in [1.29, 1.82) is 0 Å². The van der Waals surface area contributed by atoms with Crippen molar-refractivity contribution in [3.63, 3.8) is 0 Å². The molecule has 0 aromatic heterocycles. The number of allylic oxidation sites excluding steroid dienone is 9. The van der Waals surface area contributed by atoms with Gasteiger partial charge in [-0.25, -0.2) is 9.59 Å². The van der Waals surface area contributed by atoms with Gasteiger partial charge in [-0.1, -0.05) is 53.6 Å². The van der Waals surface area contributed by atoms with E-state index < -0.39 is 23.8 Å². The van der Waals surface area contributed by atoms with E-state index >= 15 is 14.4 Å². The van der Waals surface area contributed by atoms with E-state index in [4.69, 9.17) is 0 Å². The molecular formula is C103H70O6. The zero-order valence-electron chi connectivity index (χ0n) is 59.7. The summed E-state index contributed by atoms with van der Waals surface area (Å²) in [6.07, 6.45) is 20.8. The highest BCUT2D eigenvalue weighted by Gasteiger charge is 2.89. The fourth-order valence-corrected chi connectivity index (χ4v) is 48.0. The van der Waals surface area contributed by atoms with Gasteiger partial charge in [0, 0.05) is 28.5 Å². The molecule has 0 spiro atoms. The number of carboxylic acids is 3. The number of hydrogen-bond donors (Lipinski definition) is 3. The SMILES string of the molecule is O=C(O)C1=C2C3c4c(c5c(C(=O)O)cc6c7c8c9c%10c%11c%12c%13c%14ccc%15c%16ccc%17c%18c%19c%20c(c4c4c5c6c9c5c%11c(c%13%15)c(c%18%16)c%20c45)C4=C5C%19[C@@H]6C%17=CC[C@H]9[C@H]%11CC[C@H]%13[C@H]%15CC=C%14C%14C%12C%12=C%10C%10C8C(C(C(=O)O)C=7)[C@H]7CC[C@H]8[C@H]%16CC[C@@H]2[C@@H]2[C@H]%16[C@@H]%16[C@@H]%17[C@H]8[C@H]7[C@H]%10[C@@H]7[C@H]%12[C@H]([C@H]%14%15)[C@@H]8[C@H]%13[C@H]%11[C@@H]%10[C@@H]([C@H]5[C@@H]([C@H]%16[C@@H]%10[C@@H]8[C@H]%177)[C@@H]2[C@@H]43)[C@H]96)=C1. The summed E-state index contributed by atoms with van der Waals surface area (Å²) in [6, 6.07) is 13.2. The van der Waals surface area contributed by atoms with Crippen LogP contribution in [0.2, 0.25) is 0 Å². The van der Waals surface area contributed by atoms with E-state index in [9.17, 15) is 15.3 Å². The van der Waals surface area contributed by atoms with E-state index in [2.05, 4.69) is 54.6 Å². The largest absolute Gasteiger partial charge is 0.481 e. The zero-order chi connectivity index (χ0) is 67.7. The maximum absolute atomic E-state index is 15.8. The number of carboxylic acid groups (broad SMARTS) is 3. The van der Waals surface area contributed by atoms with Gasteiger partial charge in [-0.3, -0.25) is 4.79 Å². The Morgan fingerprint density at radius 1 is 0.321 bits per heavy atom. The Bertz CT molecular complexity index is 7670. The van der Waals surface area contributed by atoms with Gasteiger partial charge < -0.3 is 15.3 Å². The quantitative estimate of drug-likeness (QED) is 0.120. The third kappa shape index (κ3) is 3.79. The molecule has 16 fully saturated rings. The number of aromatic carboxylic acids is 1. The van der Waals surface area contributed by atoms with Crippen LogP contribution < -0.4 is 10.4 Å². The Morgan fingerprint density at radius 3 is 1.38 bits per heavy atom. The summed E-state index contributed by atoms with van der Waals surface area (Å²) in [5.74, 6) is 18.8. The number of rotatable bonds is 3. The minimum absolute atomic E-state index is 0.0268. The number of benzene rings is 12. The van der Waals surface area contributed by atoms with Gasteiger partial charge in [0.1, 0.15) is 0 Å². The minimum atomic E-state index is -0.941. The Morgan fingerprint density at radius 2 is 0.771 bits per heavy atom. The van der Waals surface area contributed by atoms with Crippen LogP contribution in [-0.2, 0) is 9.59 Å². The smallest absolute Gasteiger partial charge is 0.336 e. The summed E-state index contributed by atoms with van der Waals surface area (Å²) in [4.78, 5) is 47.4. The van der Waals surface area contributed by atoms with Crippen LogP contribution in [-0.4, -0.2) is 33.2 Å². The first-order valence-corrected chi connectivity index (χ1v) is 44.9. The second-order valence-corrected chi connectivity index (χ2v) is 45.2. The molecule has 518 valence electrons. The molecule has 109 heavy (non-hydrogen) atoms. The van der Waals surface area contributed by atoms with Crippen molar-refractivity contribution in [1.82, 2.24) is 0 Å². The lowest BCUT2D eigenvalue weighted by Gasteiger charge is -2.88. The number of aliphatic carboxylic acids is 2. The van der Waals surface area contributed by atoms with E-state index in [1.165, 1.54) is 114 Å². The van der Waals surface area contributed by atoms with Gasteiger partial charge >= 0.3 is 17.9 Å². The number of hydrogen-bond acceptors (Lipinski definition) is 3. The van der Waals surface area contributed by atoms with E-state index in [1.807, 2.05) is 16.7 Å². The highest BCUT2D eigenvalue weighted by Crippen LogP contribution is 2.95. The van der Waals surface area contributed by atoms with Crippen LogP contribution in [0.15, 0.2) is 64.8 Å². The van der Waals surface area contributed by atoms with E-state index in [0.29, 0.717) is 159 Å². The molecule has 6 heteroatoms. The molecule has 29 aliphatic rings. The molecule has 16 saturated carbocycles.